The number of aryl methyl sites for hydroxylation is 1. The van der Waals surface area contributed by atoms with E-state index in [1.54, 1.807) is 13.3 Å². The first kappa shape index (κ1) is 12.1. The first-order valence-corrected chi connectivity index (χ1v) is 6.10. The van der Waals surface area contributed by atoms with Gasteiger partial charge in [0, 0.05) is 11.8 Å². The van der Waals surface area contributed by atoms with Gasteiger partial charge in [-0.3, -0.25) is 4.68 Å². The molecule has 0 saturated carbocycles. The van der Waals surface area contributed by atoms with Crippen molar-refractivity contribution in [2.24, 2.45) is 0 Å². The van der Waals surface area contributed by atoms with E-state index in [1.807, 2.05) is 30.7 Å². The van der Waals surface area contributed by atoms with E-state index in [0.717, 1.165) is 21.4 Å². The van der Waals surface area contributed by atoms with Gasteiger partial charge in [-0.1, -0.05) is 6.07 Å². The number of pyridine rings is 1. The predicted octanol–water partition coefficient (Wildman–Crippen LogP) is 2.71. The molecular weight excluding hydrogens is 282 g/mol. The number of hydrogen-bond acceptors (Lipinski definition) is 3. The topological polar surface area (TPSA) is 39.9 Å². The Morgan fingerprint density at radius 3 is 2.76 bits per heavy atom. The number of nitrogens with zero attached hydrogens (tertiary/aromatic N) is 3. The maximum absolute atomic E-state index is 5.23. The zero-order chi connectivity index (χ0) is 12.4. The van der Waals surface area contributed by atoms with Gasteiger partial charge >= 0.3 is 0 Å². The average molecular weight is 296 g/mol. The summed E-state index contributed by atoms with van der Waals surface area (Å²) in [4.78, 5) is 4.18. The van der Waals surface area contributed by atoms with E-state index in [2.05, 4.69) is 26.0 Å². The van der Waals surface area contributed by atoms with Crippen LogP contribution in [0.3, 0.4) is 0 Å². The lowest BCUT2D eigenvalue weighted by molar-refractivity contribution is 0.390. The van der Waals surface area contributed by atoms with Crippen LogP contribution in [0.5, 0.6) is 5.88 Å². The van der Waals surface area contributed by atoms with Crippen LogP contribution in [0.2, 0.25) is 0 Å². The molecule has 2 heterocycles. The van der Waals surface area contributed by atoms with E-state index >= 15 is 0 Å². The van der Waals surface area contributed by atoms with Crippen LogP contribution in [0.25, 0.3) is 0 Å². The van der Waals surface area contributed by atoms with Crippen LogP contribution >= 0.6 is 15.9 Å². The fourth-order valence-electron chi connectivity index (χ4n) is 1.72. The van der Waals surface area contributed by atoms with E-state index in [1.165, 1.54) is 0 Å². The van der Waals surface area contributed by atoms with Gasteiger partial charge in [0.1, 0.15) is 0 Å². The highest BCUT2D eigenvalue weighted by atomic mass is 79.9. The maximum Gasteiger partial charge on any atom is 0.218 e. The molecule has 90 valence electrons. The van der Waals surface area contributed by atoms with Gasteiger partial charge in [0.2, 0.25) is 5.88 Å². The molecule has 0 bridgehead atoms. The highest BCUT2D eigenvalue weighted by Gasteiger charge is 2.11. The Hall–Kier alpha value is -1.36. The smallest absolute Gasteiger partial charge is 0.218 e. The molecule has 0 saturated heterocycles. The normalized spacial score (nSPS) is 10.6. The highest BCUT2D eigenvalue weighted by molar-refractivity contribution is 9.10. The molecule has 4 nitrogen and oxygen atoms in total. The van der Waals surface area contributed by atoms with Crippen molar-refractivity contribution >= 4 is 15.9 Å². The first-order chi connectivity index (χ1) is 8.13. The number of hydrogen-bond donors (Lipinski definition) is 0. The maximum atomic E-state index is 5.23. The van der Waals surface area contributed by atoms with Gasteiger partial charge in [0.25, 0.3) is 0 Å². The van der Waals surface area contributed by atoms with Gasteiger partial charge in [-0.2, -0.15) is 5.10 Å². The lowest BCUT2D eigenvalue weighted by Crippen LogP contribution is -2.06. The third-order valence-corrected chi connectivity index (χ3v) is 3.80. The summed E-state index contributed by atoms with van der Waals surface area (Å²) in [6.07, 6.45) is 1.72. The molecule has 0 amide bonds. The van der Waals surface area contributed by atoms with E-state index in [4.69, 9.17) is 4.74 Å². The van der Waals surface area contributed by atoms with Crippen LogP contribution in [-0.2, 0) is 6.54 Å². The molecule has 0 atom stereocenters. The van der Waals surface area contributed by atoms with Crippen LogP contribution in [0.4, 0.5) is 0 Å². The third kappa shape index (κ3) is 2.34. The highest BCUT2D eigenvalue weighted by Crippen LogP contribution is 2.22. The standard InChI is InChI=1S/C12H14BrN3O/c1-8-11(13)9(2)16(15-8)7-10-5-4-6-14-12(10)17-3/h4-6H,7H2,1-3H3. The molecule has 0 aliphatic heterocycles. The number of ether oxygens (including phenoxy) is 1. The Kier molecular flexibility index (Phi) is 3.47. The summed E-state index contributed by atoms with van der Waals surface area (Å²) in [5.41, 5.74) is 3.12. The summed E-state index contributed by atoms with van der Waals surface area (Å²) in [5.74, 6) is 0.649. The molecule has 5 heteroatoms. The van der Waals surface area contributed by atoms with Crippen molar-refractivity contribution in [1.82, 2.24) is 14.8 Å². The molecule has 0 aliphatic rings. The monoisotopic (exact) mass is 295 g/mol. The van der Waals surface area contributed by atoms with E-state index in [9.17, 15) is 0 Å². The summed E-state index contributed by atoms with van der Waals surface area (Å²) >= 11 is 3.52. The molecule has 2 aromatic heterocycles. The number of aromatic nitrogens is 3. The minimum Gasteiger partial charge on any atom is -0.481 e. The predicted molar refractivity (Wildman–Crippen MR) is 69.3 cm³/mol. The fourth-order valence-corrected chi connectivity index (χ4v) is 2.00. The molecule has 0 fully saturated rings. The lowest BCUT2D eigenvalue weighted by Gasteiger charge is -2.08. The SMILES string of the molecule is COc1ncccc1Cn1nc(C)c(Br)c1C. The Labute approximate surface area is 109 Å². The fraction of sp³-hybridized carbons (Fsp3) is 0.333. The van der Waals surface area contributed by atoms with Crippen molar-refractivity contribution in [2.75, 3.05) is 7.11 Å². The van der Waals surface area contributed by atoms with Crippen molar-refractivity contribution in [3.05, 3.63) is 39.8 Å². The Balaban J connectivity index is 2.34. The Morgan fingerprint density at radius 2 is 2.18 bits per heavy atom. The zero-order valence-electron chi connectivity index (χ0n) is 10.1. The molecule has 0 spiro atoms. The number of halogens is 1. The van der Waals surface area contributed by atoms with Gasteiger partial charge in [0.15, 0.2) is 0 Å². The molecule has 2 rings (SSSR count). The average Bonchev–Trinajstić information content (AvgIpc) is 2.58. The third-order valence-electron chi connectivity index (χ3n) is 2.66. The van der Waals surface area contributed by atoms with Crippen molar-refractivity contribution < 1.29 is 4.74 Å². The lowest BCUT2D eigenvalue weighted by atomic mass is 10.2. The minimum atomic E-state index is 0.649. The van der Waals surface area contributed by atoms with Gasteiger partial charge in [-0.05, 0) is 35.8 Å². The summed E-state index contributed by atoms with van der Waals surface area (Å²) in [5, 5.41) is 4.47. The van der Waals surface area contributed by atoms with Crippen molar-refractivity contribution in [3.8, 4) is 5.88 Å². The molecule has 0 aliphatic carbocycles. The van der Waals surface area contributed by atoms with E-state index < -0.39 is 0 Å². The summed E-state index contributed by atoms with van der Waals surface area (Å²) in [6, 6.07) is 3.90. The van der Waals surface area contributed by atoms with Crippen LogP contribution in [0, 0.1) is 13.8 Å². The second-order valence-electron chi connectivity index (χ2n) is 3.81. The van der Waals surface area contributed by atoms with E-state index in [0.29, 0.717) is 12.4 Å². The van der Waals surface area contributed by atoms with Gasteiger partial charge in [-0.25, -0.2) is 4.98 Å². The van der Waals surface area contributed by atoms with Crippen molar-refractivity contribution in [2.45, 2.75) is 20.4 Å². The quantitative estimate of drug-likeness (QED) is 0.874. The van der Waals surface area contributed by atoms with Crippen LogP contribution in [-0.4, -0.2) is 21.9 Å². The molecule has 0 N–H and O–H groups in total. The summed E-state index contributed by atoms with van der Waals surface area (Å²) < 4.78 is 8.23. The van der Waals surface area contributed by atoms with Crippen molar-refractivity contribution in [3.63, 3.8) is 0 Å². The molecule has 17 heavy (non-hydrogen) atoms. The van der Waals surface area contributed by atoms with E-state index in [-0.39, 0.29) is 0 Å². The Bertz CT molecular complexity index is 537. The first-order valence-electron chi connectivity index (χ1n) is 5.31. The molecular formula is C12H14BrN3O. The van der Waals surface area contributed by atoms with Crippen LogP contribution in [0.15, 0.2) is 22.8 Å². The molecule has 0 radical (unpaired) electrons. The molecule has 0 aromatic carbocycles. The molecule has 0 unspecified atom stereocenters. The summed E-state index contributed by atoms with van der Waals surface area (Å²) in [6.45, 7) is 4.68. The minimum absolute atomic E-state index is 0.649. The van der Waals surface area contributed by atoms with Crippen LogP contribution in [0.1, 0.15) is 17.0 Å². The molecule has 2 aromatic rings. The second-order valence-corrected chi connectivity index (χ2v) is 4.61. The second kappa shape index (κ2) is 4.87. The van der Waals surface area contributed by atoms with Gasteiger partial charge < -0.3 is 4.74 Å². The zero-order valence-corrected chi connectivity index (χ0v) is 11.7. The largest absolute Gasteiger partial charge is 0.481 e. The van der Waals surface area contributed by atoms with Crippen LogP contribution < -0.4 is 4.74 Å². The Morgan fingerprint density at radius 1 is 1.41 bits per heavy atom. The van der Waals surface area contributed by atoms with Crippen molar-refractivity contribution in [1.29, 1.82) is 0 Å². The number of methoxy groups -OCH3 is 1. The summed E-state index contributed by atoms with van der Waals surface area (Å²) in [7, 11) is 1.63. The van der Waals surface area contributed by atoms with Gasteiger partial charge in [-0.15, -0.1) is 0 Å². The van der Waals surface area contributed by atoms with Gasteiger partial charge in [0.05, 0.1) is 29.5 Å². The number of rotatable bonds is 3.